The lowest BCUT2D eigenvalue weighted by Gasteiger charge is -2.32. The number of carbonyl (C=O) groups is 1. The predicted octanol–water partition coefficient (Wildman–Crippen LogP) is 1.54. The predicted molar refractivity (Wildman–Crippen MR) is 77.4 cm³/mol. The molecule has 19 heavy (non-hydrogen) atoms. The molecule has 0 aliphatic carbocycles. The number of nitrogens with one attached hydrogen (secondary N) is 1. The second-order valence-corrected chi connectivity index (χ2v) is 5.49. The van der Waals surface area contributed by atoms with Crippen molar-refractivity contribution in [3.05, 3.63) is 0 Å². The number of hydrogen-bond acceptors (Lipinski definition) is 4. The van der Waals surface area contributed by atoms with Gasteiger partial charge >= 0.3 is 6.09 Å². The Morgan fingerprint density at radius 2 is 2.05 bits per heavy atom. The van der Waals surface area contributed by atoms with Crippen molar-refractivity contribution < 1.29 is 9.53 Å². The van der Waals surface area contributed by atoms with Crippen molar-refractivity contribution in [3.8, 4) is 0 Å². The molecule has 0 spiro atoms. The number of hydrogen-bond donors (Lipinski definition) is 1. The summed E-state index contributed by atoms with van der Waals surface area (Å²) in [5, 5.41) is 3.58. The molecule has 1 aliphatic heterocycles. The van der Waals surface area contributed by atoms with Crippen LogP contribution < -0.4 is 5.32 Å². The summed E-state index contributed by atoms with van der Waals surface area (Å²) < 4.78 is 5.02. The number of rotatable bonds is 6. The third kappa shape index (κ3) is 5.78. The van der Waals surface area contributed by atoms with Gasteiger partial charge < -0.3 is 19.9 Å². The molecule has 0 aromatic rings. The fourth-order valence-electron chi connectivity index (χ4n) is 2.18. The molecule has 1 aliphatic rings. The Hall–Kier alpha value is -0.810. The zero-order valence-electron chi connectivity index (χ0n) is 12.8. The van der Waals surface area contributed by atoms with E-state index in [1.165, 1.54) is 0 Å². The quantitative estimate of drug-likeness (QED) is 0.796. The summed E-state index contributed by atoms with van der Waals surface area (Å²) in [6.45, 7) is 10.4. The largest absolute Gasteiger partial charge is 0.450 e. The lowest BCUT2D eigenvalue weighted by Crippen LogP contribution is -2.46. The van der Waals surface area contributed by atoms with Crippen LogP contribution in [0.2, 0.25) is 0 Å². The highest BCUT2D eigenvalue weighted by Gasteiger charge is 2.23. The summed E-state index contributed by atoms with van der Waals surface area (Å²) in [7, 11) is 2.15. The van der Waals surface area contributed by atoms with Gasteiger partial charge in [0, 0.05) is 38.3 Å². The van der Waals surface area contributed by atoms with Crippen LogP contribution in [0, 0.1) is 0 Å². The number of nitrogens with zero attached hydrogens (tertiary/aromatic N) is 2. The molecule has 1 amide bonds. The Morgan fingerprint density at radius 3 is 2.58 bits per heavy atom. The van der Waals surface area contributed by atoms with E-state index in [0.717, 1.165) is 39.0 Å². The van der Waals surface area contributed by atoms with Crippen molar-refractivity contribution in [2.45, 2.75) is 45.7 Å². The smallest absolute Gasteiger partial charge is 0.409 e. The first kappa shape index (κ1) is 16.2. The van der Waals surface area contributed by atoms with E-state index in [4.69, 9.17) is 4.74 Å². The van der Waals surface area contributed by atoms with Gasteiger partial charge in [0.2, 0.25) is 0 Å². The fourth-order valence-corrected chi connectivity index (χ4v) is 2.18. The van der Waals surface area contributed by atoms with Crippen molar-refractivity contribution >= 4 is 6.09 Å². The molecule has 0 radical (unpaired) electrons. The van der Waals surface area contributed by atoms with Crippen LogP contribution in [-0.4, -0.2) is 67.8 Å². The van der Waals surface area contributed by atoms with Gasteiger partial charge in [0.05, 0.1) is 6.61 Å². The minimum absolute atomic E-state index is 0.166. The highest BCUT2D eigenvalue weighted by Crippen LogP contribution is 2.11. The molecule has 5 heteroatoms. The average molecular weight is 271 g/mol. The Balaban J connectivity index is 2.15. The van der Waals surface area contributed by atoms with Gasteiger partial charge in [0.15, 0.2) is 0 Å². The lowest BCUT2D eigenvalue weighted by molar-refractivity contribution is 0.0948. The maximum atomic E-state index is 11.6. The van der Waals surface area contributed by atoms with Crippen molar-refractivity contribution in [2.24, 2.45) is 0 Å². The van der Waals surface area contributed by atoms with Gasteiger partial charge in [-0.15, -0.1) is 0 Å². The maximum absolute atomic E-state index is 11.6. The van der Waals surface area contributed by atoms with E-state index in [1.807, 2.05) is 11.8 Å². The molecule has 0 bridgehead atoms. The van der Waals surface area contributed by atoms with Crippen LogP contribution >= 0.6 is 0 Å². The lowest BCUT2D eigenvalue weighted by atomic mass is 10.1. The number of amides is 1. The molecular weight excluding hydrogens is 242 g/mol. The van der Waals surface area contributed by atoms with Gasteiger partial charge in [-0.05, 0) is 40.7 Å². The summed E-state index contributed by atoms with van der Waals surface area (Å²) in [4.78, 5) is 15.7. The molecule has 0 aromatic heterocycles. The van der Waals surface area contributed by atoms with Crippen LogP contribution in [0.3, 0.4) is 0 Å². The summed E-state index contributed by atoms with van der Waals surface area (Å²) >= 11 is 0. The Morgan fingerprint density at radius 1 is 1.42 bits per heavy atom. The number of ether oxygens (including phenoxy) is 1. The standard InChI is InChI=1S/C14H29N3O2/c1-5-19-14(18)17-9-6-13(7-10-17)15-8-11-16(4)12(2)3/h12-13,15H,5-11H2,1-4H3. The first-order chi connectivity index (χ1) is 9.04. The van der Waals surface area contributed by atoms with Gasteiger partial charge in [-0.1, -0.05) is 0 Å². The Kier molecular flexibility index (Phi) is 7.16. The molecule has 1 fully saturated rings. The third-order valence-electron chi connectivity index (χ3n) is 3.80. The molecule has 5 nitrogen and oxygen atoms in total. The van der Waals surface area contributed by atoms with Crippen LogP contribution in [0.1, 0.15) is 33.6 Å². The SMILES string of the molecule is CCOC(=O)N1CCC(NCCN(C)C(C)C)CC1. The van der Waals surface area contributed by atoms with E-state index >= 15 is 0 Å². The van der Waals surface area contributed by atoms with Gasteiger partial charge in [-0.3, -0.25) is 0 Å². The number of carbonyl (C=O) groups excluding carboxylic acids is 1. The fraction of sp³-hybridized carbons (Fsp3) is 0.929. The topological polar surface area (TPSA) is 44.8 Å². The maximum Gasteiger partial charge on any atom is 0.409 e. The molecule has 0 saturated carbocycles. The molecule has 1 N–H and O–H groups in total. The van der Waals surface area contributed by atoms with Crippen molar-refractivity contribution in [2.75, 3.05) is 39.8 Å². The van der Waals surface area contributed by atoms with Crippen LogP contribution in [-0.2, 0) is 4.74 Å². The van der Waals surface area contributed by atoms with E-state index in [9.17, 15) is 4.79 Å². The van der Waals surface area contributed by atoms with E-state index < -0.39 is 0 Å². The highest BCUT2D eigenvalue weighted by molar-refractivity contribution is 5.67. The summed E-state index contributed by atoms with van der Waals surface area (Å²) in [6.07, 6.45) is 1.87. The highest BCUT2D eigenvalue weighted by atomic mass is 16.6. The van der Waals surface area contributed by atoms with Crippen LogP contribution in [0.5, 0.6) is 0 Å². The second kappa shape index (κ2) is 8.38. The number of likely N-dealkylation sites (N-methyl/N-ethyl adjacent to an activating group) is 1. The van der Waals surface area contributed by atoms with Gasteiger partial charge in [0.25, 0.3) is 0 Å². The van der Waals surface area contributed by atoms with Crippen LogP contribution in [0.4, 0.5) is 4.79 Å². The molecule has 0 atom stereocenters. The van der Waals surface area contributed by atoms with Gasteiger partial charge in [-0.2, -0.15) is 0 Å². The molecule has 1 rings (SSSR count). The Labute approximate surface area is 117 Å². The monoisotopic (exact) mass is 271 g/mol. The minimum atomic E-state index is -0.166. The van der Waals surface area contributed by atoms with E-state index in [2.05, 4.69) is 31.1 Å². The number of piperidine rings is 1. The molecule has 1 heterocycles. The summed E-state index contributed by atoms with van der Waals surface area (Å²) in [5.41, 5.74) is 0. The van der Waals surface area contributed by atoms with E-state index in [-0.39, 0.29) is 6.09 Å². The first-order valence-corrected chi connectivity index (χ1v) is 7.40. The zero-order valence-corrected chi connectivity index (χ0v) is 12.8. The van der Waals surface area contributed by atoms with Gasteiger partial charge in [-0.25, -0.2) is 4.79 Å². The van der Waals surface area contributed by atoms with E-state index in [0.29, 0.717) is 18.7 Å². The Bertz CT molecular complexity index is 263. The molecule has 0 aromatic carbocycles. The molecule has 112 valence electrons. The normalized spacial score (nSPS) is 17.3. The molecule has 1 saturated heterocycles. The second-order valence-electron chi connectivity index (χ2n) is 5.49. The minimum Gasteiger partial charge on any atom is -0.450 e. The summed E-state index contributed by atoms with van der Waals surface area (Å²) in [6, 6.07) is 1.12. The van der Waals surface area contributed by atoms with Crippen molar-refractivity contribution in [3.63, 3.8) is 0 Å². The van der Waals surface area contributed by atoms with Crippen LogP contribution in [0.15, 0.2) is 0 Å². The number of likely N-dealkylation sites (tertiary alicyclic amines) is 1. The first-order valence-electron chi connectivity index (χ1n) is 7.40. The third-order valence-corrected chi connectivity index (χ3v) is 3.80. The molecular formula is C14H29N3O2. The van der Waals surface area contributed by atoms with Gasteiger partial charge in [0.1, 0.15) is 0 Å². The molecule has 0 unspecified atom stereocenters. The van der Waals surface area contributed by atoms with Crippen molar-refractivity contribution in [1.29, 1.82) is 0 Å². The van der Waals surface area contributed by atoms with Crippen molar-refractivity contribution in [1.82, 2.24) is 15.1 Å². The summed E-state index contributed by atoms with van der Waals surface area (Å²) in [5.74, 6) is 0. The van der Waals surface area contributed by atoms with Crippen LogP contribution in [0.25, 0.3) is 0 Å². The zero-order chi connectivity index (χ0) is 14.3. The van der Waals surface area contributed by atoms with E-state index in [1.54, 1.807) is 0 Å². The average Bonchev–Trinajstić information content (AvgIpc) is 2.39.